The normalized spacial score (nSPS) is 12.4. The highest BCUT2D eigenvalue weighted by atomic mass is 79.9. The van der Waals surface area contributed by atoms with E-state index in [1.807, 2.05) is 13.0 Å². The van der Waals surface area contributed by atoms with Gasteiger partial charge in [-0.2, -0.15) is 0 Å². The molecule has 3 nitrogen and oxygen atoms in total. The lowest BCUT2D eigenvalue weighted by molar-refractivity contribution is 0.563. The molecular weight excluding hydrogens is 297 g/mol. The van der Waals surface area contributed by atoms with Crippen molar-refractivity contribution in [1.29, 1.82) is 0 Å². The molecule has 1 aromatic carbocycles. The van der Waals surface area contributed by atoms with Gasteiger partial charge in [-0.3, -0.25) is 0 Å². The highest BCUT2D eigenvalue weighted by Crippen LogP contribution is 2.21. The summed E-state index contributed by atoms with van der Waals surface area (Å²) >= 11 is 3.19. The monoisotopic (exact) mass is 309 g/mol. The van der Waals surface area contributed by atoms with Crippen LogP contribution in [0.2, 0.25) is 0 Å². The van der Waals surface area contributed by atoms with Crippen molar-refractivity contribution in [2.45, 2.75) is 19.5 Å². The van der Waals surface area contributed by atoms with Gasteiger partial charge >= 0.3 is 0 Å². The Bertz CT molecular complexity index is 519. The number of hydrogen-bond acceptors (Lipinski definition) is 3. The number of nitrogens with zero attached hydrogens (tertiary/aromatic N) is 2. The molecular formula is C13H13BrFN3. The van der Waals surface area contributed by atoms with Crippen LogP contribution in [0.25, 0.3) is 0 Å². The molecule has 1 aromatic heterocycles. The van der Waals surface area contributed by atoms with Crippen LogP contribution in [0.4, 0.5) is 4.39 Å². The molecule has 0 saturated heterocycles. The van der Waals surface area contributed by atoms with E-state index in [0.29, 0.717) is 11.0 Å². The minimum absolute atomic E-state index is 0.122. The van der Waals surface area contributed by atoms with Crippen molar-refractivity contribution in [3.63, 3.8) is 0 Å². The van der Waals surface area contributed by atoms with Crippen molar-refractivity contribution in [3.8, 4) is 0 Å². The summed E-state index contributed by atoms with van der Waals surface area (Å²) in [4.78, 5) is 8.00. The Morgan fingerprint density at radius 2 is 2.22 bits per heavy atom. The SMILES string of the molecule is CC(NCc1ccncn1)c1ccc(F)c(Br)c1. The summed E-state index contributed by atoms with van der Waals surface area (Å²) in [6.45, 7) is 2.68. The summed E-state index contributed by atoms with van der Waals surface area (Å²) in [5.41, 5.74) is 1.95. The number of benzene rings is 1. The molecule has 1 unspecified atom stereocenters. The predicted octanol–water partition coefficient (Wildman–Crippen LogP) is 3.23. The Kier molecular flexibility index (Phi) is 4.38. The molecule has 0 amide bonds. The fraction of sp³-hybridized carbons (Fsp3) is 0.231. The van der Waals surface area contributed by atoms with E-state index in [-0.39, 0.29) is 11.9 Å². The van der Waals surface area contributed by atoms with Crippen LogP contribution in [0.5, 0.6) is 0 Å². The maximum atomic E-state index is 13.1. The zero-order valence-corrected chi connectivity index (χ0v) is 11.5. The molecule has 0 aliphatic heterocycles. The molecule has 0 radical (unpaired) electrons. The maximum Gasteiger partial charge on any atom is 0.137 e. The largest absolute Gasteiger partial charge is 0.305 e. The second-order valence-electron chi connectivity index (χ2n) is 3.98. The first-order chi connectivity index (χ1) is 8.66. The number of nitrogens with one attached hydrogen (secondary N) is 1. The predicted molar refractivity (Wildman–Crippen MR) is 71.4 cm³/mol. The van der Waals surface area contributed by atoms with Gasteiger partial charge in [0, 0.05) is 18.8 Å². The van der Waals surface area contributed by atoms with Gasteiger partial charge in [-0.15, -0.1) is 0 Å². The average molecular weight is 310 g/mol. The van der Waals surface area contributed by atoms with Crippen LogP contribution in [0.15, 0.2) is 41.3 Å². The van der Waals surface area contributed by atoms with E-state index >= 15 is 0 Å². The zero-order valence-electron chi connectivity index (χ0n) is 9.90. The molecule has 0 saturated carbocycles. The first kappa shape index (κ1) is 13.1. The number of hydrogen-bond donors (Lipinski definition) is 1. The molecule has 1 N–H and O–H groups in total. The summed E-state index contributed by atoms with van der Waals surface area (Å²) in [6.07, 6.45) is 3.24. The van der Waals surface area contributed by atoms with E-state index in [1.165, 1.54) is 12.4 Å². The van der Waals surface area contributed by atoms with E-state index in [2.05, 4.69) is 31.2 Å². The van der Waals surface area contributed by atoms with Crippen LogP contribution in [-0.2, 0) is 6.54 Å². The molecule has 0 spiro atoms. The summed E-state index contributed by atoms with van der Waals surface area (Å²) in [6, 6.07) is 7.00. The van der Waals surface area contributed by atoms with Crippen molar-refractivity contribution in [1.82, 2.24) is 15.3 Å². The molecule has 2 rings (SSSR count). The lowest BCUT2D eigenvalue weighted by Crippen LogP contribution is -2.18. The molecule has 0 aliphatic carbocycles. The third kappa shape index (κ3) is 3.34. The van der Waals surface area contributed by atoms with Gasteiger partial charge in [0.1, 0.15) is 12.1 Å². The van der Waals surface area contributed by atoms with Gasteiger partial charge in [-0.25, -0.2) is 14.4 Å². The van der Waals surface area contributed by atoms with E-state index in [0.717, 1.165) is 11.3 Å². The van der Waals surface area contributed by atoms with Crippen molar-refractivity contribution in [2.75, 3.05) is 0 Å². The van der Waals surface area contributed by atoms with E-state index in [9.17, 15) is 4.39 Å². The van der Waals surface area contributed by atoms with Crippen LogP contribution in [0.1, 0.15) is 24.2 Å². The van der Waals surface area contributed by atoms with Crippen LogP contribution in [-0.4, -0.2) is 9.97 Å². The smallest absolute Gasteiger partial charge is 0.137 e. The second kappa shape index (κ2) is 6.02. The van der Waals surface area contributed by atoms with Gasteiger partial charge in [0.25, 0.3) is 0 Å². The molecule has 0 fully saturated rings. The third-order valence-electron chi connectivity index (χ3n) is 2.68. The maximum absolute atomic E-state index is 13.1. The molecule has 0 bridgehead atoms. The van der Waals surface area contributed by atoms with Gasteiger partial charge < -0.3 is 5.32 Å². The Hall–Kier alpha value is -1.33. The second-order valence-corrected chi connectivity index (χ2v) is 4.83. The van der Waals surface area contributed by atoms with Gasteiger partial charge in [-0.1, -0.05) is 6.07 Å². The average Bonchev–Trinajstić information content (AvgIpc) is 2.40. The van der Waals surface area contributed by atoms with Crippen molar-refractivity contribution < 1.29 is 4.39 Å². The Morgan fingerprint density at radius 3 is 2.89 bits per heavy atom. The minimum atomic E-state index is -0.248. The van der Waals surface area contributed by atoms with Crippen molar-refractivity contribution >= 4 is 15.9 Å². The van der Waals surface area contributed by atoms with E-state index in [4.69, 9.17) is 0 Å². The van der Waals surface area contributed by atoms with Crippen LogP contribution in [0.3, 0.4) is 0 Å². The van der Waals surface area contributed by atoms with Gasteiger partial charge in [0.15, 0.2) is 0 Å². The van der Waals surface area contributed by atoms with Gasteiger partial charge in [0.2, 0.25) is 0 Å². The van der Waals surface area contributed by atoms with Crippen molar-refractivity contribution in [3.05, 3.63) is 58.3 Å². The Balaban J connectivity index is 1.99. The van der Waals surface area contributed by atoms with Gasteiger partial charge in [0.05, 0.1) is 10.2 Å². The quantitative estimate of drug-likeness (QED) is 0.942. The topological polar surface area (TPSA) is 37.8 Å². The molecule has 1 atom stereocenters. The Labute approximate surface area is 114 Å². The van der Waals surface area contributed by atoms with Crippen LogP contribution >= 0.6 is 15.9 Å². The fourth-order valence-electron chi connectivity index (χ4n) is 1.58. The van der Waals surface area contributed by atoms with Gasteiger partial charge in [-0.05, 0) is 46.6 Å². The highest BCUT2D eigenvalue weighted by molar-refractivity contribution is 9.10. The third-order valence-corrected chi connectivity index (χ3v) is 3.28. The summed E-state index contributed by atoms with van der Waals surface area (Å²) in [7, 11) is 0. The first-order valence-electron chi connectivity index (χ1n) is 5.60. The first-order valence-corrected chi connectivity index (χ1v) is 6.39. The number of aromatic nitrogens is 2. The molecule has 94 valence electrons. The highest BCUT2D eigenvalue weighted by Gasteiger charge is 2.07. The fourth-order valence-corrected chi connectivity index (χ4v) is 1.98. The van der Waals surface area contributed by atoms with Crippen molar-refractivity contribution in [2.24, 2.45) is 0 Å². The molecule has 18 heavy (non-hydrogen) atoms. The lowest BCUT2D eigenvalue weighted by Gasteiger charge is -2.14. The molecule has 2 aromatic rings. The number of halogens is 2. The number of rotatable bonds is 4. The standard InChI is InChI=1S/C13H13BrFN3/c1-9(10-2-3-13(15)12(14)6-10)17-7-11-4-5-16-8-18-11/h2-6,8-9,17H,7H2,1H3. The zero-order chi connectivity index (χ0) is 13.0. The van der Waals surface area contributed by atoms with E-state index < -0.39 is 0 Å². The minimum Gasteiger partial charge on any atom is -0.305 e. The van der Waals surface area contributed by atoms with Crippen LogP contribution < -0.4 is 5.32 Å². The van der Waals surface area contributed by atoms with E-state index in [1.54, 1.807) is 18.3 Å². The molecule has 1 heterocycles. The summed E-state index contributed by atoms with van der Waals surface area (Å²) in [5, 5.41) is 3.33. The Morgan fingerprint density at radius 1 is 1.39 bits per heavy atom. The summed E-state index contributed by atoms with van der Waals surface area (Å²) < 4.78 is 13.6. The molecule has 0 aliphatic rings. The summed E-state index contributed by atoms with van der Waals surface area (Å²) in [5.74, 6) is -0.248. The lowest BCUT2D eigenvalue weighted by atomic mass is 10.1. The molecule has 5 heteroatoms. The van der Waals surface area contributed by atoms with Crippen LogP contribution in [0, 0.1) is 5.82 Å².